The molecule has 3 atom stereocenters. The summed E-state index contributed by atoms with van der Waals surface area (Å²) in [5.74, 6) is -6.12. The molecule has 1 fully saturated rings. The fraction of sp³-hybridized carbons (Fsp3) is 0.500. The summed E-state index contributed by atoms with van der Waals surface area (Å²) in [7, 11) is 0. The molecule has 2 aliphatic heterocycles. The molecule has 3 aromatic rings. The minimum atomic E-state index is -3.73. The molecule has 1 saturated heterocycles. The van der Waals surface area contributed by atoms with Gasteiger partial charge in [0.1, 0.15) is 17.5 Å². The van der Waals surface area contributed by atoms with Gasteiger partial charge in [0.25, 0.3) is 5.92 Å². The zero-order valence-corrected chi connectivity index (χ0v) is 21.5. The lowest BCUT2D eigenvalue weighted by Crippen LogP contribution is -2.49. The number of anilines is 1. The third-order valence-corrected chi connectivity index (χ3v) is 7.78. The van der Waals surface area contributed by atoms with Gasteiger partial charge in [0, 0.05) is 59.6 Å². The maximum Gasteiger partial charge on any atom is 0.288 e. The van der Waals surface area contributed by atoms with E-state index in [0.29, 0.717) is 36.0 Å². The third kappa shape index (κ3) is 5.61. The van der Waals surface area contributed by atoms with Gasteiger partial charge in [-0.05, 0) is 62.1 Å². The highest BCUT2D eigenvalue weighted by Gasteiger charge is 2.44. The van der Waals surface area contributed by atoms with Crippen LogP contribution in [0.3, 0.4) is 0 Å². The van der Waals surface area contributed by atoms with Crippen LogP contribution in [0.25, 0.3) is 10.9 Å². The minimum Gasteiger partial charge on any atom is -0.381 e. The van der Waals surface area contributed by atoms with E-state index in [4.69, 9.17) is 0 Å². The Labute approximate surface area is 222 Å². The highest BCUT2D eigenvalue weighted by molar-refractivity contribution is 5.85. The second-order valence-corrected chi connectivity index (χ2v) is 10.7. The Bertz CT molecular complexity index is 1300. The van der Waals surface area contributed by atoms with Gasteiger partial charge in [0.2, 0.25) is 0 Å². The van der Waals surface area contributed by atoms with Gasteiger partial charge in [-0.25, -0.2) is 26.3 Å². The molecule has 2 aromatic carbocycles. The molecule has 0 spiro atoms. The summed E-state index contributed by atoms with van der Waals surface area (Å²) in [6.07, 6.45) is 1.40. The summed E-state index contributed by atoms with van der Waals surface area (Å²) >= 11 is 0. The van der Waals surface area contributed by atoms with Crippen LogP contribution in [0.5, 0.6) is 0 Å². The number of rotatable bonds is 9. The Hall–Kier alpha value is -2.79. The van der Waals surface area contributed by atoms with Gasteiger partial charge in [-0.15, -0.1) is 0 Å². The van der Waals surface area contributed by atoms with Crippen LogP contribution < -0.4 is 5.32 Å². The fourth-order valence-electron chi connectivity index (χ4n) is 6.00. The van der Waals surface area contributed by atoms with E-state index in [2.05, 4.69) is 15.2 Å². The number of likely N-dealkylation sites (tertiary alicyclic amines) is 1. The summed E-state index contributed by atoms with van der Waals surface area (Å²) in [5.41, 5.74) is 1.08. The van der Waals surface area contributed by atoms with E-state index in [0.717, 1.165) is 25.1 Å². The summed E-state index contributed by atoms with van der Waals surface area (Å²) in [6.45, 7) is 0.223. The number of alkyl halides is 4. The van der Waals surface area contributed by atoms with Crippen LogP contribution in [0.2, 0.25) is 0 Å². The van der Waals surface area contributed by atoms with Crippen LogP contribution in [0, 0.1) is 17.5 Å². The molecule has 0 unspecified atom stereocenters. The predicted molar refractivity (Wildman–Crippen MR) is 136 cm³/mol. The van der Waals surface area contributed by atoms with Gasteiger partial charge in [-0.3, -0.25) is 9.29 Å². The van der Waals surface area contributed by atoms with E-state index in [1.54, 1.807) is 13.0 Å². The first-order chi connectivity index (χ1) is 18.6. The van der Waals surface area contributed by atoms with E-state index in [-0.39, 0.29) is 23.8 Å². The molecule has 11 heteroatoms. The summed E-state index contributed by atoms with van der Waals surface area (Å²) in [4.78, 5) is 6.29. The average Bonchev–Trinajstić information content (AvgIpc) is 3.47. The van der Waals surface area contributed by atoms with Crippen LogP contribution in [-0.4, -0.2) is 72.3 Å². The van der Waals surface area contributed by atoms with Gasteiger partial charge in [0.15, 0.2) is 6.67 Å². The number of hydrogen-bond donors (Lipinski definition) is 2. The second kappa shape index (κ2) is 11.0. The van der Waals surface area contributed by atoms with Crippen LogP contribution in [0.1, 0.15) is 42.6 Å². The van der Waals surface area contributed by atoms with Crippen LogP contribution in [-0.2, 0) is 6.42 Å². The maximum absolute atomic E-state index is 15.7. The van der Waals surface area contributed by atoms with Crippen molar-refractivity contribution in [3.05, 3.63) is 64.6 Å². The third-order valence-electron chi connectivity index (χ3n) is 7.78. The molecule has 2 aliphatic rings. The molecule has 4 nitrogen and oxygen atoms in total. The zero-order chi connectivity index (χ0) is 27.9. The maximum atomic E-state index is 15.7. The molecule has 5 rings (SSSR count). The minimum absolute atomic E-state index is 0.0843. The van der Waals surface area contributed by atoms with Crippen molar-refractivity contribution < 1.29 is 30.7 Å². The van der Waals surface area contributed by atoms with Crippen LogP contribution in [0.15, 0.2) is 30.3 Å². The number of halogens is 7. The van der Waals surface area contributed by atoms with E-state index in [1.807, 2.05) is 0 Å². The van der Waals surface area contributed by atoms with E-state index < -0.39 is 60.9 Å². The van der Waals surface area contributed by atoms with E-state index >= 15 is 8.78 Å². The average molecular weight is 557 g/mol. The van der Waals surface area contributed by atoms with Crippen molar-refractivity contribution in [1.29, 1.82) is 0 Å². The topological polar surface area (TPSA) is 34.3 Å². The fourth-order valence-corrected chi connectivity index (χ4v) is 6.00. The van der Waals surface area contributed by atoms with Gasteiger partial charge >= 0.3 is 0 Å². The molecular formula is C28H31F7N4. The molecule has 0 amide bonds. The monoisotopic (exact) mass is 556 g/mol. The highest BCUT2D eigenvalue weighted by atomic mass is 19.3. The Morgan fingerprint density at radius 2 is 1.82 bits per heavy atom. The van der Waals surface area contributed by atoms with Crippen molar-refractivity contribution in [2.45, 2.75) is 50.2 Å². The molecule has 3 heterocycles. The van der Waals surface area contributed by atoms with Crippen molar-refractivity contribution in [2.75, 3.05) is 44.8 Å². The normalized spacial score (nSPS) is 22.5. The van der Waals surface area contributed by atoms with Crippen molar-refractivity contribution in [3.63, 3.8) is 0 Å². The highest BCUT2D eigenvalue weighted by Crippen LogP contribution is 2.44. The lowest BCUT2D eigenvalue weighted by atomic mass is 9.87. The first-order valence-corrected chi connectivity index (χ1v) is 13.1. The van der Waals surface area contributed by atoms with Crippen LogP contribution in [0.4, 0.5) is 36.4 Å². The number of aromatic amines is 1. The molecule has 0 saturated carbocycles. The number of H-pyrrole nitrogens is 1. The molecule has 0 radical (unpaired) electrons. The van der Waals surface area contributed by atoms with Crippen LogP contribution >= 0.6 is 0 Å². The lowest BCUT2D eigenvalue weighted by Gasteiger charge is -2.42. The van der Waals surface area contributed by atoms with Crippen molar-refractivity contribution >= 4 is 16.6 Å². The lowest BCUT2D eigenvalue weighted by molar-refractivity contribution is -0.0678. The quantitative estimate of drug-likeness (QED) is 0.301. The zero-order valence-electron chi connectivity index (χ0n) is 21.5. The van der Waals surface area contributed by atoms with Gasteiger partial charge < -0.3 is 15.2 Å². The predicted octanol–water partition coefficient (Wildman–Crippen LogP) is 6.37. The summed E-state index contributed by atoms with van der Waals surface area (Å²) in [5, 5.41) is 3.76. The molecule has 1 aromatic heterocycles. The van der Waals surface area contributed by atoms with E-state index in [9.17, 15) is 22.0 Å². The first kappa shape index (κ1) is 27.8. The molecule has 39 heavy (non-hydrogen) atoms. The Morgan fingerprint density at radius 1 is 1.08 bits per heavy atom. The van der Waals surface area contributed by atoms with Crippen molar-refractivity contribution in [3.8, 4) is 0 Å². The SMILES string of the molecule is C[C@H]1Cc2c([nH]c3cc(F)ccc23)[C@H](c2c(F)cc(N[C@H]3CCN(CCCF)C3)cc2F)N1CC(F)(F)CF. The van der Waals surface area contributed by atoms with Gasteiger partial charge in [-0.2, -0.15) is 0 Å². The van der Waals surface area contributed by atoms with Crippen molar-refractivity contribution in [2.24, 2.45) is 0 Å². The number of nitrogens with zero attached hydrogens (tertiary/aromatic N) is 2. The Morgan fingerprint density at radius 3 is 2.51 bits per heavy atom. The summed E-state index contributed by atoms with van der Waals surface area (Å²) < 4.78 is 99.8. The number of benzene rings is 2. The molecule has 0 bridgehead atoms. The largest absolute Gasteiger partial charge is 0.381 e. The Kier molecular flexibility index (Phi) is 7.83. The smallest absolute Gasteiger partial charge is 0.288 e. The number of fused-ring (bicyclic) bond motifs is 3. The molecule has 212 valence electrons. The van der Waals surface area contributed by atoms with Gasteiger partial charge in [-0.1, -0.05) is 0 Å². The molecule has 0 aliphatic carbocycles. The summed E-state index contributed by atoms with van der Waals surface area (Å²) in [6, 6.07) is 4.32. The standard InChI is InChI=1S/C28H31F7N4/c1-16-9-21-20-4-3-17(31)10-24(20)37-26(21)27(39(16)15-28(34,35)14-30)25-22(32)11-19(12-23(25)33)36-18-5-8-38(13-18)7-2-6-29/h3-4,10-12,16,18,27,36-37H,2,5-9,13-15H2,1H3/t16-,18-,27-/m0/s1. The van der Waals surface area contributed by atoms with E-state index in [1.165, 1.54) is 17.0 Å². The number of aromatic nitrogens is 1. The van der Waals surface area contributed by atoms with Gasteiger partial charge in [0.05, 0.1) is 19.3 Å². The molecular weight excluding hydrogens is 525 g/mol. The van der Waals surface area contributed by atoms with Crippen molar-refractivity contribution in [1.82, 2.24) is 14.8 Å². The first-order valence-electron chi connectivity index (χ1n) is 13.1. The molecule has 2 N–H and O–H groups in total. The number of hydrogen-bond acceptors (Lipinski definition) is 3. The second-order valence-electron chi connectivity index (χ2n) is 10.7. The number of nitrogens with one attached hydrogen (secondary N) is 2. The Balaban J connectivity index is 1.52.